The number of thiophene rings is 1. The topological polar surface area (TPSA) is 3.24 Å². The maximum absolute atomic E-state index is 2.48. The summed E-state index contributed by atoms with van der Waals surface area (Å²) < 4.78 is 2.60. The molecule has 10 aromatic rings. The van der Waals surface area contributed by atoms with Gasteiger partial charge in [0.15, 0.2) is 0 Å². The van der Waals surface area contributed by atoms with Crippen molar-refractivity contribution in [3.8, 4) is 44.5 Å². The van der Waals surface area contributed by atoms with Crippen molar-refractivity contribution in [3.05, 3.63) is 212 Å². The number of hydrogen-bond donors (Lipinski definition) is 0. The monoisotopic (exact) mass is 719 g/mol. The Morgan fingerprint density at radius 1 is 0.364 bits per heavy atom. The van der Waals surface area contributed by atoms with E-state index in [0.29, 0.717) is 0 Å². The van der Waals surface area contributed by atoms with E-state index in [-0.39, 0.29) is 0 Å². The van der Waals surface area contributed by atoms with Gasteiger partial charge < -0.3 is 4.90 Å². The van der Waals surface area contributed by atoms with E-state index >= 15 is 0 Å². The Morgan fingerprint density at radius 3 is 1.44 bits per heavy atom. The van der Waals surface area contributed by atoms with Gasteiger partial charge in [0.05, 0.1) is 5.69 Å². The van der Waals surface area contributed by atoms with Gasteiger partial charge in [0, 0.05) is 42.7 Å². The van der Waals surface area contributed by atoms with Gasteiger partial charge >= 0.3 is 0 Å². The Hall–Kier alpha value is -6.74. The number of rotatable bonds is 7. The molecule has 0 aliphatic heterocycles. The van der Waals surface area contributed by atoms with Crippen LogP contribution in [0, 0.1) is 6.92 Å². The second-order valence-electron chi connectivity index (χ2n) is 14.2. The molecule has 0 amide bonds. The van der Waals surface area contributed by atoms with Gasteiger partial charge in [0.25, 0.3) is 0 Å². The third kappa shape index (κ3) is 5.98. The molecule has 0 unspecified atom stereocenters. The van der Waals surface area contributed by atoms with E-state index in [0.717, 1.165) is 17.1 Å². The Kier molecular flexibility index (Phi) is 8.32. The summed E-state index contributed by atoms with van der Waals surface area (Å²) in [6.07, 6.45) is 0. The number of hydrogen-bond acceptors (Lipinski definition) is 2. The maximum atomic E-state index is 2.48. The highest BCUT2D eigenvalue weighted by Crippen LogP contribution is 2.49. The average molecular weight is 720 g/mol. The molecule has 0 saturated heterocycles. The van der Waals surface area contributed by atoms with Crippen LogP contribution in [-0.2, 0) is 0 Å². The van der Waals surface area contributed by atoms with Crippen molar-refractivity contribution in [2.24, 2.45) is 0 Å². The van der Waals surface area contributed by atoms with Crippen molar-refractivity contribution in [1.82, 2.24) is 0 Å². The van der Waals surface area contributed by atoms with Gasteiger partial charge in [-0.3, -0.25) is 0 Å². The van der Waals surface area contributed by atoms with E-state index in [9.17, 15) is 0 Å². The Bertz CT molecular complexity index is 2910. The molecule has 9 aromatic carbocycles. The molecule has 1 nitrogen and oxygen atoms in total. The third-order valence-corrected chi connectivity index (χ3v) is 11.9. The first-order chi connectivity index (χ1) is 27.2. The molecule has 0 aliphatic rings. The van der Waals surface area contributed by atoms with Crippen LogP contribution in [0.1, 0.15) is 5.56 Å². The largest absolute Gasteiger partial charge is 0.309 e. The average Bonchev–Trinajstić information content (AvgIpc) is 3.64. The maximum Gasteiger partial charge on any atom is 0.0618 e. The summed E-state index contributed by atoms with van der Waals surface area (Å²) in [5, 5.41) is 5.13. The van der Waals surface area contributed by atoms with E-state index in [2.05, 4.69) is 218 Å². The number of para-hydroxylation sites is 1. The lowest BCUT2D eigenvalue weighted by atomic mass is 9.91. The van der Waals surface area contributed by atoms with Crippen LogP contribution in [0.25, 0.3) is 75.5 Å². The smallest absolute Gasteiger partial charge is 0.0618 e. The van der Waals surface area contributed by atoms with E-state index in [4.69, 9.17) is 0 Å². The van der Waals surface area contributed by atoms with Crippen LogP contribution in [-0.4, -0.2) is 0 Å². The van der Waals surface area contributed by atoms with Crippen molar-refractivity contribution in [3.63, 3.8) is 0 Å². The highest BCUT2D eigenvalue weighted by atomic mass is 32.1. The molecule has 55 heavy (non-hydrogen) atoms. The Labute approximate surface area is 326 Å². The van der Waals surface area contributed by atoms with Crippen molar-refractivity contribution in [1.29, 1.82) is 0 Å². The second-order valence-corrected chi connectivity index (χ2v) is 15.2. The van der Waals surface area contributed by atoms with E-state index < -0.39 is 0 Å². The van der Waals surface area contributed by atoms with E-state index in [1.54, 1.807) is 0 Å². The van der Waals surface area contributed by atoms with Gasteiger partial charge in [-0.2, -0.15) is 0 Å². The number of benzene rings is 9. The molecule has 0 fully saturated rings. The fourth-order valence-electron chi connectivity index (χ4n) is 8.15. The molecule has 260 valence electrons. The van der Waals surface area contributed by atoms with Crippen molar-refractivity contribution >= 4 is 59.3 Å². The predicted molar refractivity (Wildman–Crippen MR) is 238 cm³/mol. The van der Waals surface area contributed by atoms with Gasteiger partial charge in [-0.25, -0.2) is 0 Å². The lowest BCUT2D eigenvalue weighted by Crippen LogP contribution is -2.12. The number of fused-ring (bicyclic) bond motifs is 4. The van der Waals surface area contributed by atoms with Gasteiger partial charge in [-0.15, -0.1) is 11.3 Å². The standard InChI is InChI=1S/C53H37NS/c1-36-15-13-26-50-52(36)47-32-31-44(35-51(47)55-50)54(53-45(37-16-5-2-6-17-37)24-14-25-46(53)38-18-7-3-8-19-38)43-29-27-40(28-30-43)49-34-42-23-12-11-22-41(42)33-48(49)39-20-9-4-10-21-39/h2-35H,1H3. The van der Waals surface area contributed by atoms with Crippen molar-refractivity contribution in [2.45, 2.75) is 6.92 Å². The van der Waals surface area contributed by atoms with Crippen LogP contribution in [0.2, 0.25) is 0 Å². The molecule has 1 heterocycles. The lowest BCUT2D eigenvalue weighted by Gasteiger charge is -2.30. The molecule has 0 saturated carbocycles. The SMILES string of the molecule is Cc1cccc2sc3cc(N(c4ccc(-c5cc6ccccc6cc5-c5ccccc5)cc4)c4c(-c5ccccc5)cccc4-c4ccccc4)ccc3c12. The van der Waals surface area contributed by atoms with Crippen LogP contribution in [0.3, 0.4) is 0 Å². The summed E-state index contributed by atoms with van der Waals surface area (Å²) >= 11 is 1.87. The minimum atomic E-state index is 1.10. The van der Waals surface area contributed by atoms with Crippen LogP contribution in [0.15, 0.2) is 206 Å². The summed E-state index contributed by atoms with van der Waals surface area (Å²) in [6, 6.07) is 75.3. The van der Waals surface area contributed by atoms with Crippen molar-refractivity contribution in [2.75, 3.05) is 4.90 Å². The molecule has 1 aromatic heterocycles. The van der Waals surface area contributed by atoms with E-state index in [1.807, 2.05) is 11.3 Å². The zero-order valence-corrected chi connectivity index (χ0v) is 31.3. The Morgan fingerprint density at radius 2 is 0.855 bits per heavy atom. The first kappa shape index (κ1) is 32.9. The summed E-state index contributed by atoms with van der Waals surface area (Å²) in [7, 11) is 0. The minimum absolute atomic E-state index is 1.10. The molecule has 0 N–H and O–H groups in total. The molecule has 0 aliphatic carbocycles. The first-order valence-electron chi connectivity index (χ1n) is 18.8. The summed E-state index contributed by atoms with van der Waals surface area (Å²) in [5.74, 6) is 0. The van der Waals surface area contributed by atoms with Gasteiger partial charge in [0.2, 0.25) is 0 Å². The van der Waals surface area contributed by atoms with Crippen LogP contribution in [0.5, 0.6) is 0 Å². The summed E-state index contributed by atoms with van der Waals surface area (Å²) in [5.41, 5.74) is 14.3. The highest BCUT2D eigenvalue weighted by Gasteiger charge is 2.23. The molecule has 10 rings (SSSR count). The fraction of sp³-hybridized carbons (Fsp3) is 0.0189. The summed E-state index contributed by atoms with van der Waals surface area (Å²) in [6.45, 7) is 2.22. The number of aryl methyl sites for hydroxylation is 1. The normalized spacial score (nSPS) is 11.4. The van der Waals surface area contributed by atoms with Gasteiger partial charge in [0.1, 0.15) is 0 Å². The molecule has 0 spiro atoms. The zero-order valence-electron chi connectivity index (χ0n) is 30.5. The van der Waals surface area contributed by atoms with Crippen LogP contribution < -0.4 is 4.90 Å². The fourth-order valence-corrected chi connectivity index (χ4v) is 9.37. The molecule has 0 radical (unpaired) electrons. The second kappa shape index (κ2) is 13.9. The molecule has 0 bridgehead atoms. The zero-order chi connectivity index (χ0) is 36.7. The Balaban J connectivity index is 1.21. The van der Waals surface area contributed by atoms with Crippen LogP contribution >= 0.6 is 11.3 Å². The minimum Gasteiger partial charge on any atom is -0.309 e. The van der Waals surface area contributed by atoms with E-state index in [1.165, 1.54) is 81.0 Å². The molecular weight excluding hydrogens is 683 g/mol. The highest BCUT2D eigenvalue weighted by molar-refractivity contribution is 7.25. The number of anilines is 3. The molecule has 2 heteroatoms. The lowest BCUT2D eigenvalue weighted by molar-refractivity contribution is 1.29. The first-order valence-corrected chi connectivity index (χ1v) is 19.7. The van der Waals surface area contributed by atoms with Crippen molar-refractivity contribution < 1.29 is 0 Å². The van der Waals surface area contributed by atoms with Crippen LogP contribution in [0.4, 0.5) is 17.1 Å². The molecule has 0 atom stereocenters. The number of nitrogens with zero attached hydrogens (tertiary/aromatic N) is 1. The third-order valence-electron chi connectivity index (χ3n) is 10.8. The molecular formula is C53H37NS. The quantitative estimate of drug-likeness (QED) is 0.159. The van der Waals surface area contributed by atoms with Gasteiger partial charge in [-0.1, -0.05) is 164 Å². The predicted octanol–water partition coefficient (Wildman–Crippen LogP) is 15.7. The van der Waals surface area contributed by atoms with Gasteiger partial charge in [-0.05, 0) is 99.1 Å². The summed E-state index contributed by atoms with van der Waals surface area (Å²) in [4.78, 5) is 2.48.